The van der Waals surface area contributed by atoms with Crippen LogP contribution in [0.3, 0.4) is 0 Å². The Hall–Kier alpha value is -2.12. The third kappa shape index (κ3) is 4.62. The first-order valence-electron chi connectivity index (χ1n) is 10.2. The minimum absolute atomic E-state index is 0.00373. The highest BCUT2D eigenvalue weighted by Crippen LogP contribution is 2.26. The van der Waals surface area contributed by atoms with Crippen LogP contribution < -0.4 is 10.9 Å². The van der Waals surface area contributed by atoms with E-state index in [2.05, 4.69) is 21.2 Å². The van der Waals surface area contributed by atoms with Gasteiger partial charge in [-0.25, -0.2) is 4.98 Å². The van der Waals surface area contributed by atoms with Crippen LogP contribution in [0.2, 0.25) is 0 Å². The Kier molecular flexibility index (Phi) is 6.58. The molecule has 1 heterocycles. The predicted octanol–water partition coefficient (Wildman–Crippen LogP) is 4.92. The number of fused-ring (bicyclic) bond motifs is 1. The minimum Gasteiger partial charge on any atom is -0.353 e. The van der Waals surface area contributed by atoms with Crippen LogP contribution >= 0.6 is 27.7 Å². The standard InChI is InChI=1S/C23H24BrN3O2S/c1-15(16-7-3-2-4-8-16)27-22(29)19-13-17(24)11-12-20(19)26-23(27)30-14-21(28)25-18-9-5-6-10-18/h2-4,7-8,11-13,15,18H,5-6,9-10,14H2,1H3,(H,25,28). The third-order valence-corrected chi connectivity index (χ3v) is 7.00. The molecule has 3 aromatic rings. The predicted molar refractivity (Wildman–Crippen MR) is 125 cm³/mol. The van der Waals surface area contributed by atoms with Crippen LogP contribution in [0.15, 0.2) is 63.0 Å². The van der Waals surface area contributed by atoms with E-state index in [-0.39, 0.29) is 29.3 Å². The highest BCUT2D eigenvalue weighted by molar-refractivity contribution is 9.10. The maximum absolute atomic E-state index is 13.4. The van der Waals surface area contributed by atoms with Gasteiger partial charge in [0.15, 0.2) is 5.16 Å². The van der Waals surface area contributed by atoms with E-state index in [4.69, 9.17) is 4.98 Å². The number of hydrogen-bond donors (Lipinski definition) is 1. The lowest BCUT2D eigenvalue weighted by Crippen LogP contribution is -2.34. The number of nitrogens with zero attached hydrogens (tertiary/aromatic N) is 2. The fraction of sp³-hybridized carbons (Fsp3) is 0.348. The number of benzene rings is 2. The van der Waals surface area contributed by atoms with Gasteiger partial charge in [-0.05, 0) is 43.5 Å². The molecule has 1 atom stereocenters. The SMILES string of the molecule is CC(c1ccccc1)n1c(SCC(=O)NC2CCCC2)nc2ccc(Br)cc2c1=O. The molecule has 1 saturated carbocycles. The number of hydrogen-bond acceptors (Lipinski definition) is 4. The van der Waals surface area contributed by atoms with E-state index >= 15 is 0 Å². The van der Waals surface area contributed by atoms with Crippen molar-refractivity contribution in [3.05, 3.63) is 68.9 Å². The van der Waals surface area contributed by atoms with Crippen molar-refractivity contribution in [1.29, 1.82) is 0 Å². The molecule has 1 aliphatic carbocycles. The second kappa shape index (κ2) is 9.35. The van der Waals surface area contributed by atoms with Crippen LogP contribution in [0, 0.1) is 0 Å². The van der Waals surface area contributed by atoms with E-state index in [9.17, 15) is 9.59 Å². The lowest BCUT2D eigenvalue weighted by atomic mass is 10.1. The van der Waals surface area contributed by atoms with Gasteiger partial charge in [0.1, 0.15) is 0 Å². The summed E-state index contributed by atoms with van der Waals surface area (Å²) in [5.41, 5.74) is 1.56. The van der Waals surface area contributed by atoms with Gasteiger partial charge in [0.05, 0.1) is 22.7 Å². The van der Waals surface area contributed by atoms with Gasteiger partial charge >= 0.3 is 0 Å². The van der Waals surface area contributed by atoms with E-state index in [1.54, 1.807) is 10.6 Å². The summed E-state index contributed by atoms with van der Waals surface area (Å²) in [6.45, 7) is 1.99. The molecule has 0 radical (unpaired) electrons. The van der Waals surface area contributed by atoms with E-state index in [1.807, 2.05) is 49.4 Å². The van der Waals surface area contributed by atoms with Crippen molar-refractivity contribution >= 4 is 44.5 Å². The van der Waals surface area contributed by atoms with Crippen molar-refractivity contribution in [1.82, 2.24) is 14.9 Å². The summed E-state index contributed by atoms with van der Waals surface area (Å²) in [6.07, 6.45) is 4.45. The molecule has 156 valence electrons. The second-order valence-electron chi connectivity index (χ2n) is 7.66. The summed E-state index contributed by atoms with van der Waals surface area (Å²) in [5.74, 6) is 0.239. The molecule has 0 spiro atoms. The fourth-order valence-electron chi connectivity index (χ4n) is 3.94. The van der Waals surface area contributed by atoms with Crippen molar-refractivity contribution in [2.24, 2.45) is 0 Å². The topological polar surface area (TPSA) is 64.0 Å². The molecule has 1 N–H and O–H groups in total. The van der Waals surface area contributed by atoms with Gasteiger partial charge in [-0.3, -0.25) is 14.2 Å². The molecule has 1 fully saturated rings. The van der Waals surface area contributed by atoms with E-state index in [1.165, 1.54) is 24.6 Å². The first kappa shape index (κ1) is 21.1. The zero-order chi connectivity index (χ0) is 21.1. The maximum atomic E-state index is 13.4. The van der Waals surface area contributed by atoms with Crippen molar-refractivity contribution in [2.45, 2.75) is 49.8 Å². The molecule has 0 bridgehead atoms. The molecule has 0 saturated heterocycles. The van der Waals surface area contributed by atoms with Gasteiger partial charge < -0.3 is 5.32 Å². The molecule has 7 heteroatoms. The number of carbonyl (C=O) groups excluding carboxylic acids is 1. The summed E-state index contributed by atoms with van der Waals surface area (Å²) in [6, 6.07) is 15.5. The first-order chi connectivity index (χ1) is 14.5. The lowest BCUT2D eigenvalue weighted by molar-refractivity contribution is -0.119. The normalized spacial score (nSPS) is 15.4. The zero-order valence-corrected chi connectivity index (χ0v) is 19.2. The van der Waals surface area contributed by atoms with Crippen LogP contribution in [-0.2, 0) is 4.79 Å². The summed E-state index contributed by atoms with van der Waals surface area (Å²) in [7, 11) is 0. The molecule has 1 unspecified atom stereocenters. The van der Waals surface area contributed by atoms with Crippen LogP contribution in [0.4, 0.5) is 0 Å². The number of halogens is 1. The van der Waals surface area contributed by atoms with Gasteiger partial charge in [-0.15, -0.1) is 0 Å². The van der Waals surface area contributed by atoms with Crippen LogP contribution in [0.25, 0.3) is 10.9 Å². The van der Waals surface area contributed by atoms with Gasteiger partial charge in [-0.1, -0.05) is 70.9 Å². The Labute approximate surface area is 188 Å². The fourth-order valence-corrected chi connectivity index (χ4v) is 5.19. The molecule has 5 nitrogen and oxygen atoms in total. The lowest BCUT2D eigenvalue weighted by Gasteiger charge is -2.20. The Balaban J connectivity index is 1.68. The van der Waals surface area contributed by atoms with E-state index in [0.29, 0.717) is 16.1 Å². The number of carbonyl (C=O) groups is 1. The first-order valence-corrected chi connectivity index (χ1v) is 12.0. The van der Waals surface area contributed by atoms with Crippen molar-refractivity contribution in [3.8, 4) is 0 Å². The molecule has 4 rings (SSSR count). The van der Waals surface area contributed by atoms with Gasteiger partial charge in [-0.2, -0.15) is 0 Å². The average molecular weight is 486 g/mol. The molecular weight excluding hydrogens is 462 g/mol. The second-order valence-corrected chi connectivity index (χ2v) is 9.51. The van der Waals surface area contributed by atoms with Gasteiger partial charge in [0.2, 0.25) is 5.91 Å². The molecule has 2 aromatic carbocycles. The number of thioether (sulfide) groups is 1. The molecule has 1 aromatic heterocycles. The molecule has 30 heavy (non-hydrogen) atoms. The summed E-state index contributed by atoms with van der Waals surface area (Å²) in [4.78, 5) is 30.6. The molecule has 1 amide bonds. The number of aromatic nitrogens is 2. The Bertz CT molecular complexity index is 1110. The van der Waals surface area contributed by atoms with Gasteiger partial charge in [0.25, 0.3) is 5.56 Å². The number of nitrogens with one attached hydrogen (secondary N) is 1. The molecule has 0 aliphatic heterocycles. The van der Waals surface area contributed by atoms with Crippen molar-refractivity contribution in [3.63, 3.8) is 0 Å². The van der Waals surface area contributed by atoms with Gasteiger partial charge in [0, 0.05) is 10.5 Å². The highest BCUT2D eigenvalue weighted by Gasteiger charge is 2.21. The summed E-state index contributed by atoms with van der Waals surface area (Å²) < 4.78 is 2.54. The van der Waals surface area contributed by atoms with E-state index in [0.717, 1.165) is 22.9 Å². The number of amides is 1. The third-order valence-electron chi connectivity index (χ3n) is 5.55. The largest absolute Gasteiger partial charge is 0.353 e. The Morgan fingerprint density at radius 1 is 1.23 bits per heavy atom. The average Bonchev–Trinajstić information content (AvgIpc) is 3.26. The monoisotopic (exact) mass is 485 g/mol. The zero-order valence-electron chi connectivity index (χ0n) is 16.8. The van der Waals surface area contributed by atoms with Crippen LogP contribution in [-0.4, -0.2) is 27.3 Å². The minimum atomic E-state index is -0.199. The molecule has 1 aliphatic rings. The smallest absolute Gasteiger partial charge is 0.262 e. The molecular formula is C23H24BrN3O2S. The Morgan fingerprint density at radius 3 is 2.70 bits per heavy atom. The Morgan fingerprint density at radius 2 is 1.97 bits per heavy atom. The van der Waals surface area contributed by atoms with E-state index < -0.39 is 0 Å². The van der Waals surface area contributed by atoms with Crippen LogP contribution in [0.5, 0.6) is 0 Å². The van der Waals surface area contributed by atoms with Crippen molar-refractivity contribution in [2.75, 3.05) is 5.75 Å². The van der Waals surface area contributed by atoms with Crippen LogP contribution in [0.1, 0.15) is 44.2 Å². The summed E-state index contributed by atoms with van der Waals surface area (Å²) in [5, 5.41) is 4.23. The summed E-state index contributed by atoms with van der Waals surface area (Å²) >= 11 is 4.77. The maximum Gasteiger partial charge on any atom is 0.262 e. The van der Waals surface area contributed by atoms with Crippen molar-refractivity contribution < 1.29 is 4.79 Å². The highest BCUT2D eigenvalue weighted by atomic mass is 79.9. The number of rotatable bonds is 6. The quantitative estimate of drug-likeness (QED) is 0.397.